The quantitative estimate of drug-likeness (QED) is 0.687. The van der Waals surface area contributed by atoms with Crippen molar-refractivity contribution in [2.24, 2.45) is 0 Å². The van der Waals surface area contributed by atoms with Crippen LogP contribution in [0.3, 0.4) is 0 Å². The standard InChI is InChI=1S/C12H26N2O2/c1-3-13(4-2)6-5-12(11-15)14-7-9-16-10-8-14/h12,15H,3-11H2,1-2H3. The van der Waals surface area contributed by atoms with Crippen LogP contribution < -0.4 is 0 Å². The SMILES string of the molecule is CCN(CC)CCC(CO)N1CCOCC1. The Bertz CT molecular complexity index is 168. The van der Waals surface area contributed by atoms with Crippen LogP contribution in [0, 0.1) is 0 Å². The average molecular weight is 230 g/mol. The van der Waals surface area contributed by atoms with Crippen molar-refractivity contribution in [3.8, 4) is 0 Å². The number of aliphatic hydroxyl groups excluding tert-OH is 1. The van der Waals surface area contributed by atoms with Crippen LogP contribution in [0.15, 0.2) is 0 Å². The molecule has 0 radical (unpaired) electrons. The second-order valence-corrected chi connectivity index (χ2v) is 4.30. The summed E-state index contributed by atoms with van der Waals surface area (Å²) in [5, 5.41) is 9.44. The van der Waals surface area contributed by atoms with Gasteiger partial charge in [-0.1, -0.05) is 13.8 Å². The van der Waals surface area contributed by atoms with Crippen LogP contribution in [0.4, 0.5) is 0 Å². The van der Waals surface area contributed by atoms with Gasteiger partial charge in [-0.05, 0) is 26.1 Å². The molecule has 1 fully saturated rings. The molecule has 1 atom stereocenters. The van der Waals surface area contributed by atoms with Gasteiger partial charge >= 0.3 is 0 Å². The van der Waals surface area contributed by atoms with E-state index >= 15 is 0 Å². The summed E-state index contributed by atoms with van der Waals surface area (Å²) < 4.78 is 5.33. The maximum absolute atomic E-state index is 9.44. The van der Waals surface area contributed by atoms with Gasteiger partial charge in [-0.3, -0.25) is 4.90 Å². The van der Waals surface area contributed by atoms with Gasteiger partial charge < -0.3 is 14.7 Å². The van der Waals surface area contributed by atoms with E-state index in [0.717, 1.165) is 52.4 Å². The molecule has 1 saturated heterocycles. The molecule has 1 rings (SSSR count). The zero-order chi connectivity index (χ0) is 11.8. The van der Waals surface area contributed by atoms with Crippen LogP contribution in [0.1, 0.15) is 20.3 Å². The zero-order valence-corrected chi connectivity index (χ0v) is 10.7. The van der Waals surface area contributed by atoms with Crippen LogP contribution in [-0.4, -0.2) is 73.5 Å². The van der Waals surface area contributed by atoms with E-state index in [1.807, 2.05) is 0 Å². The highest BCUT2D eigenvalue weighted by Gasteiger charge is 2.20. The van der Waals surface area contributed by atoms with Gasteiger partial charge in [0.15, 0.2) is 0 Å². The fraction of sp³-hybridized carbons (Fsp3) is 1.00. The van der Waals surface area contributed by atoms with Gasteiger partial charge in [-0.15, -0.1) is 0 Å². The number of nitrogens with zero attached hydrogens (tertiary/aromatic N) is 2. The summed E-state index contributed by atoms with van der Waals surface area (Å²) >= 11 is 0. The smallest absolute Gasteiger partial charge is 0.0594 e. The Morgan fingerprint density at radius 1 is 1.25 bits per heavy atom. The van der Waals surface area contributed by atoms with Crippen LogP contribution in [0.2, 0.25) is 0 Å². The monoisotopic (exact) mass is 230 g/mol. The second kappa shape index (κ2) is 8.01. The fourth-order valence-electron chi connectivity index (χ4n) is 2.20. The lowest BCUT2D eigenvalue weighted by atomic mass is 10.1. The van der Waals surface area contributed by atoms with Crippen molar-refractivity contribution in [2.45, 2.75) is 26.3 Å². The maximum atomic E-state index is 9.44. The van der Waals surface area contributed by atoms with Gasteiger partial charge in [0.25, 0.3) is 0 Å². The van der Waals surface area contributed by atoms with Crippen LogP contribution in [-0.2, 0) is 4.74 Å². The maximum Gasteiger partial charge on any atom is 0.0594 e. The Labute approximate surface area is 99.2 Å². The molecule has 0 amide bonds. The molecule has 1 aliphatic rings. The third-order valence-corrected chi connectivity index (χ3v) is 3.45. The number of ether oxygens (including phenoxy) is 1. The van der Waals surface area contributed by atoms with Crippen LogP contribution in [0.5, 0.6) is 0 Å². The highest BCUT2D eigenvalue weighted by Crippen LogP contribution is 2.08. The van der Waals surface area contributed by atoms with Crippen molar-refractivity contribution in [3.63, 3.8) is 0 Å². The van der Waals surface area contributed by atoms with Gasteiger partial charge in [0, 0.05) is 19.1 Å². The lowest BCUT2D eigenvalue weighted by Gasteiger charge is -2.34. The first-order chi connectivity index (χ1) is 7.81. The molecular formula is C12H26N2O2. The van der Waals surface area contributed by atoms with Gasteiger partial charge in [0.1, 0.15) is 0 Å². The van der Waals surface area contributed by atoms with E-state index in [9.17, 15) is 5.11 Å². The van der Waals surface area contributed by atoms with Crippen molar-refractivity contribution in [1.29, 1.82) is 0 Å². The molecule has 16 heavy (non-hydrogen) atoms. The Morgan fingerprint density at radius 2 is 1.88 bits per heavy atom. The van der Waals surface area contributed by atoms with Crippen molar-refractivity contribution in [2.75, 3.05) is 52.5 Å². The Morgan fingerprint density at radius 3 is 2.38 bits per heavy atom. The molecule has 1 unspecified atom stereocenters. The van der Waals surface area contributed by atoms with E-state index in [-0.39, 0.29) is 6.61 Å². The second-order valence-electron chi connectivity index (χ2n) is 4.30. The highest BCUT2D eigenvalue weighted by molar-refractivity contribution is 4.74. The third kappa shape index (κ3) is 4.37. The minimum atomic E-state index is 0.265. The first kappa shape index (κ1) is 13.9. The van der Waals surface area contributed by atoms with Crippen molar-refractivity contribution >= 4 is 0 Å². The lowest BCUT2D eigenvalue weighted by Crippen LogP contribution is -2.46. The van der Waals surface area contributed by atoms with Gasteiger partial charge in [-0.2, -0.15) is 0 Å². The van der Waals surface area contributed by atoms with E-state index in [1.54, 1.807) is 0 Å². The average Bonchev–Trinajstić information content (AvgIpc) is 2.36. The van der Waals surface area contributed by atoms with E-state index in [0.29, 0.717) is 6.04 Å². The number of rotatable bonds is 7. The summed E-state index contributed by atoms with van der Waals surface area (Å²) in [6.07, 6.45) is 1.05. The Balaban J connectivity index is 2.29. The number of morpholine rings is 1. The van der Waals surface area contributed by atoms with Gasteiger partial charge in [-0.25, -0.2) is 0 Å². The molecule has 0 spiro atoms. The minimum absolute atomic E-state index is 0.265. The molecule has 0 aromatic carbocycles. The molecule has 0 aromatic heterocycles. The minimum Gasteiger partial charge on any atom is -0.395 e. The number of hydrogen-bond donors (Lipinski definition) is 1. The molecule has 96 valence electrons. The first-order valence-corrected chi connectivity index (χ1v) is 6.46. The normalized spacial score (nSPS) is 20.2. The van der Waals surface area contributed by atoms with Gasteiger partial charge in [0.05, 0.1) is 19.8 Å². The molecule has 0 aromatic rings. The molecule has 4 heteroatoms. The predicted octanol–water partition coefficient (Wildman–Crippen LogP) is 0.411. The topological polar surface area (TPSA) is 35.9 Å². The predicted molar refractivity (Wildman–Crippen MR) is 65.7 cm³/mol. The zero-order valence-electron chi connectivity index (χ0n) is 10.7. The van der Waals surface area contributed by atoms with E-state index < -0.39 is 0 Å². The van der Waals surface area contributed by atoms with Crippen molar-refractivity contribution < 1.29 is 9.84 Å². The summed E-state index contributed by atoms with van der Waals surface area (Å²) in [6.45, 7) is 11.4. The highest BCUT2D eigenvalue weighted by atomic mass is 16.5. The molecule has 0 aliphatic carbocycles. The largest absolute Gasteiger partial charge is 0.395 e. The van der Waals surface area contributed by atoms with Crippen molar-refractivity contribution in [3.05, 3.63) is 0 Å². The molecule has 1 aliphatic heterocycles. The van der Waals surface area contributed by atoms with Crippen molar-refractivity contribution in [1.82, 2.24) is 9.80 Å². The molecule has 0 bridgehead atoms. The third-order valence-electron chi connectivity index (χ3n) is 3.45. The van der Waals surface area contributed by atoms with Crippen LogP contribution >= 0.6 is 0 Å². The molecular weight excluding hydrogens is 204 g/mol. The lowest BCUT2D eigenvalue weighted by molar-refractivity contribution is -0.000951. The molecule has 4 nitrogen and oxygen atoms in total. The number of aliphatic hydroxyl groups is 1. The van der Waals surface area contributed by atoms with Crippen LogP contribution in [0.25, 0.3) is 0 Å². The fourth-order valence-corrected chi connectivity index (χ4v) is 2.20. The van der Waals surface area contributed by atoms with E-state index in [1.165, 1.54) is 0 Å². The molecule has 1 N–H and O–H groups in total. The summed E-state index contributed by atoms with van der Waals surface area (Å²) in [5.74, 6) is 0. The Hall–Kier alpha value is -0.160. The van der Waals surface area contributed by atoms with E-state index in [2.05, 4.69) is 23.6 Å². The molecule has 0 saturated carbocycles. The summed E-state index contributed by atoms with van der Waals surface area (Å²) in [6, 6.07) is 0.310. The first-order valence-electron chi connectivity index (χ1n) is 6.46. The Kier molecular flexibility index (Phi) is 6.96. The summed E-state index contributed by atoms with van der Waals surface area (Å²) in [7, 11) is 0. The van der Waals surface area contributed by atoms with Gasteiger partial charge in [0.2, 0.25) is 0 Å². The van der Waals surface area contributed by atoms with E-state index in [4.69, 9.17) is 4.74 Å². The number of hydrogen-bond acceptors (Lipinski definition) is 4. The summed E-state index contributed by atoms with van der Waals surface area (Å²) in [5.41, 5.74) is 0. The molecule has 1 heterocycles. The summed E-state index contributed by atoms with van der Waals surface area (Å²) in [4.78, 5) is 4.76.